The predicted molar refractivity (Wildman–Crippen MR) is 74.6 cm³/mol. The first-order valence-electron chi connectivity index (χ1n) is 4.50. The number of hydrogen-bond acceptors (Lipinski definition) is 3. The van der Waals surface area contributed by atoms with E-state index < -0.39 is 0 Å². The summed E-state index contributed by atoms with van der Waals surface area (Å²) in [5.74, 6) is 2.95. The highest BCUT2D eigenvalue weighted by Crippen LogP contribution is 2.27. The first-order valence-corrected chi connectivity index (χ1v) is 6.39. The fourth-order valence-corrected chi connectivity index (χ4v) is 2.45. The third-order valence-electron chi connectivity index (χ3n) is 2.02. The number of nitrogens with zero attached hydrogens (tertiary/aromatic N) is 1. The van der Waals surface area contributed by atoms with E-state index in [-0.39, 0.29) is 0 Å². The highest BCUT2D eigenvalue weighted by molar-refractivity contribution is 14.1. The smallest absolute Gasteiger partial charge is 0.184 e. The lowest BCUT2D eigenvalue weighted by molar-refractivity contribution is 1.32. The molecule has 0 saturated carbocycles. The highest BCUT2D eigenvalue weighted by Gasteiger charge is 2.03. The van der Waals surface area contributed by atoms with Crippen LogP contribution in [0.15, 0.2) is 18.2 Å². The number of benzene rings is 1. The summed E-state index contributed by atoms with van der Waals surface area (Å²) >= 11 is 3.70. The van der Waals surface area contributed by atoms with E-state index in [2.05, 4.69) is 45.3 Å². The van der Waals surface area contributed by atoms with Crippen molar-refractivity contribution in [3.8, 4) is 9.85 Å². The van der Waals surface area contributed by atoms with Gasteiger partial charge in [-0.3, -0.25) is 0 Å². The molecule has 1 N–H and O–H groups in total. The molecule has 76 valence electrons. The number of aromatic nitrogens is 1. The molecule has 15 heavy (non-hydrogen) atoms. The van der Waals surface area contributed by atoms with Crippen molar-refractivity contribution in [2.75, 3.05) is 11.9 Å². The number of thiazole rings is 1. The lowest BCUT2D eigenvalue weighted by Crippen LogP contribution is -1.97. The van der Waals surface area contributed by atoms with Crippen molar-refractivity contribution in [1.29, 1.82) is 0 Å². The Morgan fingerprint density at radius 2 is 2.40 bits per heavy atom. The lowest BCUT2D eigenvalue weighted by Gasteiger charge is -1.92. The van der Waals surface area contributed by atoms with Crippen LogP contribution < -0.4 is 5.32 Å². The molecule has 0 radical (unpaired) electrons. The number of fused-ring (bicyclic) bond motifs is 1. The first-order chi connectivity index (χ1) is 7.31. The number of aryl methyl sites for hydroxylation is 1. The topological polar surface area (TPSA) is 24.9 Å². The molecule has 4 heteroatoms. The summed E-state index contributed by atoms with van der Waals surface area (Å²) in [4.78, 5) is 4.52. The number of para-hydroxylation sites is 1. The molecule has 0 atom stereocenters. The standard InChI is InChI=1S/C11H9IN2S/c1-8-4-2-5-9-10(8)14-11(15-9)13-7-3-6-12/h2,4-5H,7H2,1H3,(H,13,14). The van der Waals surface area contributed by atoms with Gasteiger partial charge in [0.25, 0.3) is 0 Å². The lowest BCUT2D eigenvalue weighted by atomic mass is 10.2. The normalized spacial score (nSPS) is 9.73. The number of halogens is 1. The van der Waals surface area contributed by atoms with Crippen molar-refractivity contribution in [3.05, 3.63) is 23.8 Å². The van der Waals surface area contributed by atoms with Gasteiger partial charge in [-0.25, -0.2) is 4.98 Å². The predicted octanol–water partition coefficient (Wildman–Crippen LogP) is 3.41. The molecule has 0 unspecified atom stereocenters. The Kier molecular flexibility index (Phi) is 3.44. The second kappa shape index (κ2) is 4.81. The average Bonchev–Trinajstić information content (AvgIpc) is 2.63. The maximum absolute atomic E-state index is 4.52. The third kappa shape index (κ3) is 2.41. The molecule has 2 nitrogen and oxygen atoms in total. The van der Waals surface area contributed by atoms with Crippen molar-refractivity contribution >= 4 is 49.3 Å². The van der Waals surface area contributed by atoms with Gasteiger partial charge in [-0.15, -0.1) is 0 Å². The summed E-state index contributed by atoms with van der Waals surface area (Å²) in [6.45, 7) is 2.73. The Hall–Kier alpha value is -0.800. The monoisotopic (exact) mass is 328 g/mol. The number of hydrogen-bond donors (Lipinski definition) is 1. The van der Waals surface area contributed by atoms with E-state index in [1.54, 1.807) is 11.3 Å². The Balaban J connectivity index is 2.29. The Labute approximate surface area is 106 Å². The summed E-state index contributed by atoms with van der Waals surface area (Å²) < 4.78 is 4.04. The largest absolute Gasteiger partial charge is 0.351 e. The maximum atomic E-state index is 4.52. The van der Waals surface area contributed by atoms with E-state index in [0.717, 1.165) is 10.6 Å². The van der Waals surface area contributed by atoms with Gasteiger partial charge in [-0.1, -0.05) is 29.4 Å². The molecular formula is C11H9IN2S. The van der Waals surface area contributed by atoms with Crippen LogP contribution in [0.3, 0.4) is 0 Å². The van der Waals surface area contributed by atoms with Gasteiger partial charge in [0, 0.05) is 22.6 Å². The molecule has 0 aliphatic carbocycles. The van der Waals surface area contributed by atoms with E-state index in [4.69, 9.17) is 0 Å². The molecule has 2 rings (SSSR count). The molecule has 0 amide bonds. The summed E-state index contributed by atoms with van der Waals surface area (Å²) in [6.07, 6.45) is 0. The van der Waals surface area contributed by atoms with Crippen LogP contribution >= 0.6 is 33.9 Å². The van der Waals surface area contributed by atoms with Gasteiger partial charge >= 0.3 is 0 Å². The number of nitrogens with one attached hydrogen (secondary N) is 1. The minimum absolute atomic E-state index is 0.655. The van der Waals surface area contributed by atoms with E-state index in [9.17, 15) is 0 Å². The Morgan fingerprint density at radius 3 is 3.13 bits per heavy atom. The van der Waals surface area contributed by atoms with Gasteiger partial charge in [0.15, 0.2) is 5.13 Å². The average molecular weight is 328 g/mol. The summed E-state index contributed by atoms with van der Waals surface area (Å²) in [7, 11) is 0. The summed E-state index contributed by atoms with van der Waals surface area (Å²) in [5, 5.41) is 4.13. The van der Waals surface area contributed by atoms with Gasteiger partial charge in [-0.2, -0.15) is 0 Å². The van der Waals surface area contributed by atoms with Crippen LogP contribution in [0, 0.1) is 16.8 Å². The Morgan fingerprint density at radius 1 is 1.53 bits per heavy atom. The van der Waals surface area contributed by atoms with E-state index in [1.165, 1.54) is 10.3 Å². The van der Waals surface area contributed by atoms with Gasteiger partial charge in [0.1, 0.15) is 0 Å². The van der Waals surface area contributed by atoms with Crippen LogP contribution in [-0.4, -0.2) is 11.5 Å². The zero-order chi connectivity index (χ0) is 10.7. The van der Waals surface area contributed by atoms with E-state index in [0.29, 0.717) is 6.54 Å². The quantitative estimate of drug-likeness (QED) is 0.675. The van der Waals surface area contributed by atoms with E-state index >= 15 is 0 Å². The van der Waals surface area contributed by atoms with Gasteiger partial charge in [0.05, 0.1) is 16.8 Å². The van der Waals surface area contributed by atoms with Crippen molar-refractivity contribution in [3.63, 3.8) is 0 Å². The molecular weight excluding hydrogens is 319 g/mol. The van der Waals surface area contributed by atoms with Crippen LogP contribution in [0.25, 0.3) is 10.2 Å². The molecule has 0 bridgehead atoms. The summed E-state index contributed by atoms with van der Waals surface area (Å²) in [6, 6.07) is 6.23. The zero-order valence-electron chi connectivity index (χ0n) is 8.17. The zero-order valence-corrected chi connectivity index (χ0v) is 11.1. The molecule has 1 aromatic heterocycles. The molecule has 0 saturated heterocycles. The van der Waals surface area contributed by atoms with Crippen molar-refractivity contribution in [2.45, 2.75) is 6.92 Å². The van der Waals surface area contributed by atoms with Crippen molar-refractivity contribution < 1.29 is 0 Å². The Bertz CT molecular complexity index is 536. The SMILES string of the molecule is Cc1cccc2sc(NCC#CI)nc12. The molecule has 0 aliphatic heterocycles. The molecule has 1 aromatic carbocycles. The fraction of sp³-hybridized carbons (Fsp3) is 0.182. The maximum Gasteiger partial charge on any atom is 0.184 e. The highest BCUT2D eigenvalue weighted by atomic mass is 127. The van der Waals surface area contributed by atoms with Gasteiger partial charge < -0.3 is 5.32 Å². The second-order valence-electron chi connectivity index (χ2n) is 3.07. The third-order valence-corrected chi connectivity index (χ3v) is 3.38. The minimum Gasteiger partial charge on any atom is -0.351 e. The molecule has 0 aliphatic rings. The fourth-order valence-electron chi connectivity index (χ4n) is 1.32. The summed E-state index contributed by atoms with van der Waals surface area (Å²) in [5.41, 5.74) is 2.31. The number of rotatable bonds is 2. The van der Waals surface area contributed by atoms with Crippen molar-refractivity contribution in [1.82, 2.24) is 4.98 Å². The minimum atomic E-state index is 0.655. The molecule has 1 heterocycles. The van der Waals surface area contributed by atoms with Crippen LogP contribution in [0.5, 0.6) is 0 Å². The first kappa shape index (κ1) is 10.7. The van der Waals surface area contributed by atoms with Gasteiger partial charge in [0.2, 0.25) is 0 Å². The van der Waals surface area contributed by atoms with Crippen LogP contribution in [-0.2, 0) is 0 Å². The van der Waals surface area contributed by atoms with Crippen LogP contribution in [0.4, 0.5) is 5.13 Å². The molecule has 0 fully saturated rings. The molecule has 2 aromatic rings. The van der Waals surface area contributed by atoms with Gasteiger partial charge in [-0.05, 0) is 22.5 Å². The van der Waals surface area contributed by atoms with Crippen LogP contribution in [0.2, 0.25) is 0 Å². The molecule has 0 spiro atoms. The van der Waals surface area contributed by atoms with E-state index in [1.807, 2.05) is 22.6 Å². The van der Waals surface area contributed by atoms with Crippen LogP contribution in [0.1, 0.15) is 5.56 Å². The number of anilines is 1. The second-order valence-corrected chi connectivity index (χ2v) is 4.64. The van der Waals surface area contributed by atoms with Crippen molar-refractivity contribution in [2.24, 2.45) is 0 Å².